The van der Waals surface area contributed by atoms with Crippen molar-refractivity contribution in [1.29, 1.82) is 0 Å². The van der Waals surface area contributed by atoms with Crippen molar-refractivity contribution in [3.63, 3.8) is 0 Å². The molecule has 4 nitrogen and oxygen atoms in total. The molecule has 0 saturated carbocycles. The quantitative estimate of drug-likeness (QED) is 0.750. The minimum Gasteiger partial charge on any atom is -0.496 e. The Hall–Kier alpha value is -1.68. The Kier molecular flexibility index (Phi) is 5.12. The highest BCUT2D eigenvalue weighted by Gasteiger charge is 2.17. The van der Waals surface area contributed by atoms with E-state index in [2.05, 4.69) is 6.92 Å². The van der Waals surface area contributed by atoms with E-state index in [1.807, 2.05) is 0 Å². The first-order chi connectivity index (χ1) is 10.1. The molecule has 0 aliphatic rings. The molecule has 5 heteroatoms. The second kappa shape index (κ2) is 6.85. The summed E-state index contributed by atoms with van der Waals surface area (Å²) in [6.07, 6.45) is 3.90. The van der Waals surface area contributed by atoms with E-state index in [-0.39, 0.29) is 0 Å². The van der Waals surface area contributed by atoms with Crippen molar-refractivity contribution in [3.8, 4) is 11.5 Å². The first-order valence-corrected chi connectivity index (χ1v) is 7.37. The van der Waals surface area contributed by atoms with E-state index in [1.165, 1.54) is 14.2 Å². The van der Waals surface area contributed by atoms with Crippen LogP contribution in [-0.2, 0) is 6.42 Å². The number of methoxy groups -OCH3 is 2. The van der Waals surface area contributed by atoms with Crippen LogP contribution in [0.3, 0.4) is 0 Å². The van der Waals surface area contributed by atoms with Gasteiger partial charge in [-0.2, -0.15) is 0 Å². The first-order valence-electron chi connectivity index (χ1n) is 6.99. The van der Waals surface area contributed by atoms with E-state index in [9.17, 15) is 4.79 Å². The van der Waals surface area contributed by atoms with Crippen LogP contribution in [0.2, 0.25) is 5.02 Å². The average molecular weight is 311 g/mol. The summed E-state index contributed by atoms with van der Waals surface area (Å²) in [4.78, 5) is 12.2. The molecule has 114 valence electrons. The van der Waals surface area contributed by atoms with Crippen LogP contribution in [-0.4, -0.2) is 14.2 Å². The Bertz CT molecular complexity index is 691. The largest absolute Gasteiger partial charge is 0.496 e. The molecule has 1 heterocycles. The van der Waals surface area contributed by atoms with Crippen molar-refractivity contribution in [1.82, 2.24) is 0 Å². The number of unbranched alkanes of at least 4 members (excludes halogenated alkanes) is 2. The van der Waals surface area contributed by atoms with Gasteiger partial charge in [-0.15, -0.1) is 0 Å². The number of rotatable bonds is 6. The molecule has 0 aliphatic heterocycles. The van der Waals surface area contributed by atoms with E-state index in [0.29, 0.717) is 33.1 Å². The molecule has 0 atom stereocenters. The lowest BCUT2D eigenvalue weighted by Crippen LogP contribution is -2.05. The van der Waals surface area contributed by atoms with Gasteiger partial charge in [0.2, 0.25) is 0 Å². The van der Waals surface area contributed by atoms with Gasteiger partial charge in [0.1, 0.15) is 22.6 Å². The fourth-order valence-electron chi connectivity index (χ4n) is 2.32. The molecule has 0 bridgehead atoms. The number of halogens is 1. The van der Waals surface area contributed by atoms with Crippen molar-refractivity contribution in [2.45, 2.75) is 32.6 Å². The summed E-state index contributed by atoms with van der Waals surface area (Å²) in [5.41, 5.74) is -0.430. The zero-order valence-electron chi connectivity index (χ0n) is 12.5. The SMILES string of the molecule is CCCCCc1cc2c(Cl)c(OC)cc(OC)c2c(=O)o1. The third-order valence-corrected chi connectivity index (χ3v) is 3.82. The first kappa shape index (κ1) is 15.7. The van der Waals surface area contributed by atoms with Crippen LogP contribution in [0.5, 0.6) is 11.5 Å². The van der Waals surface area contributed by atoms with Crippen LogP contribution in [0, 0.1) is 0 Å². The Morgan fingerprint density at radius 2 is 1.86 bits per heavy atom. The van der Waals surface area contributed by atoms with E-state index in [0.717, 1.165) is 25.7 Å². The maximum Gasteiger partial charge on any atom is 0.347 e. The minimum atomic E-state index is -0.430. The van der Waals surface area contributed by atoms with Crippen LogP contribution >= 0.6 is 11.6 Å². The van der Waals surface area contributed by atoms with Crippen molar-refractivity contribution in [2.75, 3.05) is 14.2 Å². The topological polar surface area (TPSA) is 48.7 Å². The lowest BCUT2D eigenvalue weighted by molar-refractivity contribution is 0.395. The summed E-state index contributed by atoms with van der Waals surface area (Å²) in [7, 11) is 3.02. The van der Waals surface area contributed by atoms with Crippen molar-refractivity contribution in [2.24, 2.45) is 0 Å². The van der Waals surface area contributed by atoms with E-state index >= 15 is 0 Å². The zero-order chi connectivity index (χ0) is 15.4. The highest BCUT2D eigenvalue weighted by atomic mass is 35.5. The monoisotopic (exact) mass is 310 g/mol. The Labute approximate surface area is 128 Å². The molecule has 0 spiro atoms. The number of benzene rings is 1. The van der Waals surface area contributed by atoms with Crippen LogP contribution in [0.4, 0.5) is 0 Å². The molecule has 0 saturated heterocycles. The highest BCUT2D eigenvalue weighted by molar-refractivity contribution is 6.37. The summed E-state index contributed by atoms with van der Waals surface area (Å²) in [5.74, 6) is 1.52. The van der Waals surface area contributed by atoms with E-state index < -0.39 is 5.63 Å². The Balaban J connectivity index is 2.60. The molecule has 2 aromatic rings. The molecule has 0 fully saturated rings. The number of hydrogen-bond donors (Lipinski definition) is 0. The smallest absolute Gasteiger partial charge is 0.347 e. The number of hydrogen-bond acceptors (Lipinski definition) is 4. The molecule has 0 radical (unpaired) electrons. The molecule has 0 amide bonds. The predicted molar refractivity (Wildman–Crippen MR) is 83.8 cm³/mol. The normalized spacial score (nSPS) is 10.9. The van der Waals surface area contributed by atoms with Crippen LogP contribution in [0.15, 0.2) is 21.3 Å². The van der Waals surface area contributed by atoms with Gasteiger partial charge in [0.05, 0.1) is 19.2 Å². The van der Waals surface area contributed by atoms with Crippen LogP contribution < -0.4 is 15.1 Å². The molecule has 1 aromatic heterocycles. The lowest BCUT2D eigenvalue weighted by Gasteiger charge is -2.11. The molecular weight excluding hydrogens is 292 g/mol. The minimum absolute atomic E-state index is 0.350. The highest BCUT2D eigenvalue weighted by Crippen LogP contribution is 2.38. The van der Waals surface area contributed by atoms with Crippen molar-refractivity contribution in [3.05, 3.63) is 33.3 Å². The summed E-state index contributed by atoms with van der Waals surface area (Å²) >= 11 is 6.31. The summed E-state index contributed by atoms with van der Waals surface area (Å²) < 4.78 is 15.8. The van der Waals surface area contributed by atoms with E-state index in [1.54, 1.807) is 12.1 Å². The maximum absolute atomic E-state index is 12.2. The van der Waals surface area contributed by atoms with Gasteiger partial charge in [0.25, 0.3) is 0 Å². The third kappa shape index (κ3) is 3.16. The summed E-state index contributed by atoms with van der Waals surface area (Å²) in [6, 6.07) is 3.40. The standard InChI is InChI=1S/C16H19ClO4/c1-4-5-6-7-10-8-11-14(16(18)21-10)12(19-2)9-13(20-3)15(11)17/h8-9H,4-7H2,1-3H3. The second-order valence-electron chi connectivity index (χ2n) is 4.84. The predicted octanol–water partition coefficient (Wildman–Crippen LogP) is 4.20. The van der Waals surface area contributed by atoms with E-state index in [4.69, 9.17) is 25.5 Å². The molecule has 0 unspecified atom stereocenters. The molecule has 0 aliphatic carbocycles. The number of fused-ring (bicyclic) bond motifs is 1. The molecule has 2 rings (SSSR count). The maximum atomic E-state index is 12.2. The van der Waals surface area contributed by atoms with Gasteiger partial charge in [0.15, 0.2) is 0 Å². The van der Waals surface area contributed by atoms with Gasteiger partial charge in [-0.3, -0.25) is 0 Å². The molecule has 21 heavy (non-hydrogen) atoms. The van der Waals surface area contributed by atoms with Gasteiger partial charge in [-0.05, 0) is 12.5 Å². The van der Waals surface area contributed by atoms with Crippen LogP contribution in [0.25, 0.3) is 10.8 Å². The molecule has 1 aromatic carbocycles. The summed E-state index contributed by atoms with van der Waals surface area (Å²) in [6.45, 7) is 2.13. The van der Waals surface area contributed by atoms with Gasteiger partial charge >= 0.3 is 5.63 Å². The Morgan fingerprint density at radius 1 is 1.14 bits per heavy atom. The Morgan fingerprint density at radius 3 is 2.48 bits per heavy atom. The van der Waals surface area contributed by atoms with Crippen molar-refractivity contribution < 1.29 is 13.9 Å². The zero-order valence-corrected chi connectivity index (χ0v) is 13.3. The van der Waals surface area contributed by atoms with Gasteiger partial charge < -0.3 is 13.9 Å². The number of aryl methyl sites for hydroxylation is 1. The van der Waals surface area contributed by atoms with Gasteiger partial charge in [-0.1, -0.05) is 31.4 Å². The van der Waals surface area contributed by atoms with Crippen LogP contribution in [0.1, 0.15) is 31.9 Å². The number of ether oxygens (including phenoxy) is 2. The fraction of sp³-hybridized carbons (Fsp3) is 0.438. The molecular formula is C16H19ClO4. The van der Waals surface area contributed by atoms with Crippen molar-refractivity contribution >= 4 is 22.4 Å². The summed E-state index contributed by atoms with van der Waals surface area (Å²) in [5, 5.41) is 1.36. The fourth-order valence-corrected chi connectivity index (χ4v) is 2.60. The van der Waals surface area contributed by atoms with Gasteiger partial charge in [0, 0.05) is 17.9 Å². The third-order valence-electron chi connectivity index (χ3n) is 3.43. The van der Waals surface area contributed by atoms with Gasteiger partial charge in [-0.25, -0.2) is 4.79 Å². The second-order valence-corrected chi connectivity index (χ2v) is 5.22. The molecule has 0 N–H and O–H groups in total. The lowest BCUT2D eigenvalue weighted by atomic mass is 10.1. The average Bonchev–Trinajstić information content (AvgIpc) is 2.48.